The molecular formula is C19H14ClN3O2S2. The van der Waals surface area contributed by atoms with Gasteiger partial charge in [0.1, 0.15) is 22.4 Å². The number of amides is 1. The molecule has 0 atom stereocenters. The molecule has 0 aliphatic rings. The van der Waals surface area contributed by atoms with E-state index < -0.39 is 5.91 Å². The number of aromatic nitrogens is 1. The van der Waals surface area contributed by atoms with Crippen LogP contribution in [0.5, 0.6) is 5.75 Å². The third kappa shape index (κ3) is 4.37. The number of carbonyl (C=O) groups is 1. The lowest BCUT2D eigenvalue weighted by molar-refractivity contribution is -0.112. The van der Waals surface area contributed by atoms with Gasteiger partial charge in [-0.3, -0.25) is 4.79 Å². The second-order valence-corrected chi connectivity index (χ2v) is 7.69. The van der Waals surface area contributed by atoms with Crippen molar-refractivity contribution in [2.45, 2.75) is 6.92 Å². The molecule has 1 N–H and O–H groups in total. The van der Waals surface area contributed by atoms with E-state index in [4.69, 9.17) is 16.3 Å². The molecule has 0 saturated carbocycles. The standard InChI is InChI=1S/C19H14ClN3O2S2/c1-11-6-15(16(25-2)8-14(11)20)23-18(24)12(9-21)7-13-10-27-19(22-13)17-4-3-5-26-17/h3-8,10H,1-2H3,(H,23,24)/b12-7-. The molecule has 0 saturated heterocycles. The smallest absolute Gasteiger partial charge is 0.266 e. The van der Waals surface area contributed by atoms with Crippen molar-refractivity contribution in [2.24, 2.45) is 0 Å². The van der Waals surface area contributed by atoms with Gasteiger partial charge in [-0.25, -0.2) is 4.98 Å². The Labute approximate surface area is 169 Å². The molecule has 0 radical (unpaired) electrons. The normalized spacial score (nSPS) is 11.1. The van der Waals surface area contributed by atoms with Gasteiger partial charge in [-0.1, -0.05) is 17.7 Å². The molecule has 0 spiro atoms. The number of carbonyl (C=O) groups excluding carboxylic acids is 1. The molecule has 3 aromatic rings. The van der Waals surface area contributed by atoms with Crippen molar-refractivity contribution in [3.63, 3.8) is 0 Å². The first kappa shape index (κ1) is 19.1. The fourth-order valence-corrected chi connectivity index (χ4v) is 4.03. The van der Waals surface area contributed by atoms with Crippen LogP contribution in [0.1, 0.15) is 11.3 Å². The van der Waals surface area contributed by atoms with Crippen molar-refractivity contribution in [3.8, 4) is 21.7 Å². The minimum absolute atomic E-state index is 0.0484. The van der Waals surface area contributed by atoms with Crippen LogP contribution in [0.25, 0.3) is 16.0 Å². The summed E-state index contributed by atoms with van der Waals surface area (Å²) in [6.07, 6.45) is 1.47. The van der Waals surface area contributed by atoms with Crippen molar-refractivity contribution in [1.29, 1.82) is 5.26 Å². The monoisotopic (exact) mass is 415 g/mol. The van der Waals surface area contributed by atoms with E-state index in [0.717, 1.165) is 15.4 Å². The summed E-state index contributed by atoms with van der Waals surface area (Å²) < 4.78 is 5.25. The lowest BCUT2D eigenvalue weighted by Crippen LogP contribution is -2.14. The van der Waals surface area contributed by atoms with Gasteiger partial charge in [0.15, 0.2) is 0 Å². The summed E-state index contributed by atoms with van der Waals surface area (Å²) in [5, 5.41) is 17.3. The van der Waals surface area contributed by atoms with Crippen LogP contribution in [-0.4, -0.2) is 18.0 Å². The summed E-state index contributed by atoms with van der Waals surface area (Å²) in [7, 11) is 1.49. The second kappa shape index (κ2) is 8.35. The van der Waals surface area contributed by atoms with Crippen LogP contribution in [0.15, 0.2) is 40.6 Å². The zero-order valence-electron chi connectivity index (χ0n) is 14.4. The van der Waals surface area contributed by atoms with Gasteiger partial charge in [-0.05, 0) is 36.1 Å². The van der Waals surface area contributed by atoms with Crippen LogP contribution in [0.3, 0.4) is 0 Å². The zero-order valence-corrected chi connectivity index (χ0v) is 16.8. The highest BCUT2D eigenvalue weighted by molar-refractivity contribution is 7.20. The maximum Gasteiger partial charge on any atom is 0.266 e. The maximum atomic E-state index is 12.5. The van der Waals surface area contributed by atoms with Gasteiger partial charge in [0.05, 0.1) is 23.4 Å². The fourth-order valence-electron chi connectivity index (χ4n) is 2.28. The number of hydrogen-bond acceptors (Lipinski definition) is 6. The van der Waals surface area contributed by atoms with Gasteiger partial charge in [0.2, 0.25) is 0 Å². The van der Waals surface area contributed by atoms with Crippen LogP contribution in [0.2, 0.25) is 5.02 Å². The molecule has 1 amide bonds. The number of thiophene rings is 1. The molecule has 2 heterocycles. The van der Waals surface area contributed by atoms with Crippen molar-refractivity contribution in [1.82, 2.24) is 4.98 Å². The van der Waals surface area contributed by atoms with E-state index in [1.54, 1.807) is 23.5 Å². The predicted molar refractivity (Wildman–Crippen MR) is 110 cm³/mol. The molecule has 3 rings (SSSR count). The fraction of sp³-hybridized carbons (Fsp3) is 0.105. The first-order valence-corrected chi connectivity index (χ1v) is 9.92. The molecule has 1 aromatic carbocycles. The van der Waals surface area contributed by atoms with Crippen LogP contribution in [0, 0.1) is 18.3 Å². The van der Waals surface area contributed by atoms with E-state index in [9.17, 15) is 10.1 Å². The highest BCUT2D eigenvalue weighted by atomic mass is 35.5. The summed E-state index contributed by atoms with van der Waals surface area (Å²) in [5.74, 6) is -0.118. The lowest BCUT2D eigenvalue weighted by Gasteiger charge is -2.11. The SMILES string of the molecule is COc1cc(Cl)c(C)cc1NC(=O)/C(C#N)=C\c1csc(-c2cccs2)n1. The number of methoxy groups -OCH3 is 1. The Hall–Kier alpha value is -2.66. The highest BCUT2D eigenvalue weighted by Gasteiger charge is 2.15. The molecule has 0 fully saturated rings. The molecule has 5 nitrogen and oxygen atoms in total. The highest BCUT2D eigenvalue weighted by Crippen LogP contribution is 2.32. The largest absolute Gasteiger partial charge is 0.495 e. The summed E-state index contributed by atoms with van der Waals surface area (Å²) in [4.78, 5) is 18.0. The van der Waals surface area contributed by atoms with E-state index in [2.05, 4.69) is 10.3 Å². The average molecular weight is 416 g/mol. The molecule has 0 unspecified atom stereocenters. The van der Waals surface area contributed by atoms with Gasteiger partial charge in [-0.15, -0.1) is 22.7 Å². The van der Waals surface area contributed by atoms with Crippen LogP contribution < -0.4 is 10.1 Å². The van der Waals surface area contributed by atoms with E-state index >= 15 is 0 Å². The zero-order chi connectivity index (χ0) is 19.4. The molecule has 2 aromatic heterocycles. The van der Waals surface area contributed by atoms with E-state index in [0.29, 0.717) is 22.2 Å². The Kier molecular flexibility index (Phi) is 5.91. The average Bonchev–Trinajstić information content (AvgIpc) is 3.33. The molecule has 0 bridgehead atoms. The van der Waals surface area contributed by atoms with Gasteiger partial charge in [-0.2, -0.15) is 5.26 Å². The summed E-state index contributed by atoms with van der Waals surface area (Å²) in [6.45, 7) is 1.82. The maximum absolute atomic E-state index is 12.5. The van der Waals surface area contributed by atoms with Crippen molar-refractivity contribution < 1.29 is 9.53 Å². The predicted octanol–water partition coefficient (Wildman–Crippen LogP) is 5.39. The number of nitrogens with one attached hydrogen (secondary N) is 1. The lowest BCUT2D eigenvalue weighted by atomic mass is 10.1. The minimum atomic E-state index is -0.539. The van der Waals surface area contributed by atoms with Gasteiger partial charge in [0, 0.05) is 16.5 Å². The molecule has 0 aliphatic heterocycles. The molecule has 0 aliphatic carbocycles. The number of ether oxygens (including phenoxy) is 1. The number of benzene rings is 1. The number of nitrogens with zero attached hydrogens (tertiary/aromatic N) is 2. The van der Waals surface area contributed by atoms with Crippen molar-refractivity contribution >= 4 is 51.9 Å². The molecule has 136 valence electrons. The van der Waals surface area contributed by atoms with Gasteiger partial charge in [0.25, 0.3) is 5.91 Å². The number of halogens is 1. The first-order valence-electron chi connectivity index (χ1n) is 7.78. The number of rotatable bonds is 5. The number of thiazole rings is 1. The summed E-state index contributed by atoms with van der Waals surface area (Å²) in [6, 6.07) is 9.18. The Balaban J connectivity index is 1.84. The third-order valence-electron chi connectivity index (χ3n) is 3.64. The van der Waals surface area contributed by atoms with Gasteiger partial charge >= 0.3 is 0 Å². The van der Waals surface area contributed by atoms with Crippen LogP contribution in [-0.2, 0) is 4.79 Å². The Morgan fingerprint density at radius 1 is 1.41 bits per heavy atom. The van der Waals surface area contributed by atoms with Crippen LogP contribution >= 0.6 is 34.3 Å². The topological polar surface area (TPSA) is 75.0 Å². The van der Waals surface area contributed by atoms with E-state index in [1.807, 2.05) is 35.9 Å². The molecular weight excluding hydrogens is 402 g/mol. The van der Waals surface area contributed by atoms with Crippen molar-refractivity contribution in [2.75, 3.05) is 12.4 Å². The quantitative estimate of drug-likeness (QED) is 0.448. The number of anilines is 1. The second-order valence-electron chi connectivity index (χ2n) is 5.48. The Morgan fingerprint density at radius 3 is 2.89 bits per heavy atom. The molecule has 8 heteroatoms. The summed E-state index contributed by atoms with van der Waals surface area (Å²) >= 11 is 9.13. The number of nitriles is 1. The first-order chi connectivity index (χ1) is 13.0. The van der Waals surface area contributed by atoms with Crippen LogP contribution in [0.4, 0.5) is 5.69 Å². The number of hydrogen-bond donors (Lipinski definition) is 1. The number of aryl methyl sites for hydroxylation is 1. The molecule has 27 heavy (non-hydrogen) atoms. The summed E-state index contributed by atoms with van der Waals surface area (Å²) in [5.41, 5.74) is 1.75. The minimum Gasteiger partial charge on any atom is -0.495 e. The Morgan fingerprint density at radius 2 is 2.22 bits per heavy atom. The Bertz CT molecular complexity index is 1050. The van der Waals surface area contributed by atoms with E-state index in [1.165, 1.54) is 24.5 Å². The third-order valence-corrected chi connectivity index (χ3v) is 5.95. The van der Waals surface area contributed by atoms with E-state index in [-0.39, 0.29) is 5.57 Å². The van der Waals surface area contributed by atoms with Gasteiger partial charge < -0.3 is 10.1 Å². The van der Waals surface area contributed by atoms with Crippen molar-refractivity contribution in [3.05, 3.63) is 56.9 Å².